The van der Waals surface area contributed by atoms with E-state index in [1.54, 1.807) is 11.8 Å². The lowest BCUT2D eigenvalue weighted by Gasteiger charge is -2.26. The topological polar surface area (TPSA) is 55.2 Å². The number of aldehydes is 1. The van der Waals surface area contributed by atoms with Gasteiger partial charge < -0.3 is 9.47 Å². The number of hydrogen-bond donors (Lipinski definition) is 0. The average Bonchev–Trinajstić information content (AvgIpc) is 2.89. The molecule has 6 heteroatoms. The van der Waals surface area contributed by atoms with E-state index < -0.39 is 0 Å². The third-order valence-electron chi connectivity index (χ3n) is 3.23. The molecule has 0 aromatic carbocycles. The number of rotatable bonds is 2. The van der Waals surface area contributed by atoms with Gasteiger partial charge in [0.05, 0.1) is 0 Å². The molecular weight excluding hydrogens is 238 g/mol. The molecule has 17 heavy (non-hydrogen) atoms. The van der Waals surface area contributed by atoms with Gasteiger partial charge in [-0.05, 0) is 0 Å². The Kier molecular flexibility index (Phi) is 2.66. The number of fused-ring (bicyclic) bond motifs is 1. The second-order valence-corrected chi connectivity index (χ2v) is 5.31. The minimum Gasteiger partial charge on any atom is -0.354 e. The molecule has 2 aliphatic heterocycles. The SMILES string of the molecule is O=Cc1c(N2CCC(=O)CC2)nc2n1CCS2. The van der Waals surface area contributed by atoms with E-state index >= 15 is 0 Å². The number of anilines is 1. The summed E-state index contributed by atoms with van der Waals surface area (Å²) in [7, 11) is 0. The summed E-state index contributed by atoms with van der Waals surface area (Å²) in [6, 6.07) is 0. The van der Waals surface area contributed by atoms with Crippen molar-refractivity contribution in [1.29, 1.82) is 0 Å². The van der Waals surface area contributed by atoms with Crippen LogP contribution in [0, 0.1) is 0 Å². The van der Waals surface area contributed by atoms with E-state index in [-0.39, 0.29) is 0 Å². The van der Waals surface area contributed by atoms with Crippen molar-refractivity contribution < 1.29 is 9.59 Å². The van der Waals surface area contributed by atoms with Crippen molar-refractivity contribution in [3.8, 4) is 0 Å². The minimum absolute atomic E-state index is 0.301. The molecule has 1 aromatic rings. The first-order valence-corrected chi connectivity index (χ1v) is 6.73. The van der Waals surface area contributed by atoms with Crippen molar-refractivity contribution in [2.24, 2.45) is 0 Å². The Labute approximate surface area is 103 Å². The standard InChI is InChI=1S/C11H13N3O2S/c15-7-9-10(12-11-14(9)5-6-17-11)13-3-1-8(16)2-4-13/h7H,1-6H2. The van der Waals surface area contributed by atoms with E-state index in [2.05, 4.69) is 9.88 Å². The van der Waals surface area contributed by atoms with Crippen LogP contribution in [0.1, 0.15) is 23.3 Å². The summed E-state index contributed by atoms with van der Waals surface area (Å²) in [5, 5.41) is 0.930. The Balaban J connectivity index is 1.92. The van der Waals surface area contributed by atoms with Gasteiger partial charge in [0.25, 0.3) is 0 Å². The molecule has 0 bridgehead atoms. The molecule has 0 atom stereocenters. The van der Waals surface area contributed by atoms with Crippen LogP contribution in [0.5, 0.6) is 0 Å². The highest BCUT2D eigenvalue weighted by molar-refractivity contribution is 7.99. The number of nitrogens with zero attached hydrogens (tertiary/aromatic N) is 3. The molecule has 90 valence electrons. The smallest absolute Gasteiger partial charge is 0.170 e. The molecule has 0 N–H and O–H groups in total. The Morgan fingerprint density at radius 2 is 2.00 bits per heavy atom. The molecule has 1 saturated heterocycles. The van der Waals surface area contributed by atoms with Crippen molar-refractivity contribution >= 4 is 29.6 Å². The van der Waals surface area contributed by atoms with Gasteiger partial charge in [-0.3, -0.25) is 9.59 Å². The molecule has 0 amide bonds. The lowest BCUT2D eigenvalue weighted by molar-refractivity contribution is -0.119. The fourth-order valence-electron chi connectivity index (χ4n) is 2.30. The molecule has 1 fully saturated rings. The van der Waals surface area contributed by atoms with Gasteiger partial charge in [-0.25, -0.2) is 4.98 Å². The highest BCUT2D eigenvalue weighted by atomic mass is 32.2. The van der Waals surface area contributed by atoms with Crippen molar-refractivity contribution in [2.45, 2.75) is 24.5 Å². The van der Waals surface area contributed by atoms with Crippen molar-refractivity contribution in [3.63, 3.8) is 0 Å². The van der Waals surface area contributed by atoms with Gasteiger partial charge in [-0.1, -0.05) is 11.8 Å². The van der Waals surface area contributed by atoms with Crippen LogP contribution in [-0.4, -0.2) is 40.5 Å². The highest BCUT2D eigenvalue weighted by Crippen LogP contribution is 2.32. The molecule has 2 aliphatic rings. The number of carbonyl (C=O) groups excluding carboxylic acids is 2. The molecule has 0 radical (unpaired) electrons. The molecule has 0 aliphatic carbocycles. The zero-order chi connectivity index (χ0) is 11.8. The van der Waals surface area contributed by atoms with E-state index in [1.807, 2.05) is 4.57 Å². The second-order valence-electron chi connectivity index (χ2n) is 4.25. The quantitative estimate of drug-likeness (QED) is 0.733. The normalized spacial score (nSPS) is 19.5. The Morgan fingerprint density at radius 1 is 1.24 bits per heavy atom. The Bertz CT molecular complexity index is 473. The predicted molar refractivity (Wildman–Crippen MR) is 64.8 cm³/mol. The van der Waals surface area contributed by atoms with E-state index in [1.165, 1.54) is 0 Å². The van der Waals surface area contributed by atoms with Crippen LogP contribution in [-0.2, 0) is 11.3 Å². The largest absolute Gasteiger partial charge is 0.354 e. The Morgan fingerprint density at radius 3 is 2.71 bits per heavy atom. The molecular formula is C11H13N3O2S. The first-order chi connectivity index (χ1) is 8.29. The molecule has 0 unspecified atom stereocenters. The van der Waals surface area contributed by atoms with Crippen LogP contribution in [0.25, 0.3) is 0 Å². The predicted octanol–water partition coefficient (Wildman–Crippen LogP) is 0.971. The maximum absolute atomic E-state index is 11.2. The fraction of sp³-hybridized carbons (Fsp3) is 0.545. The number of Topliss-reactive ketones (excluding diaryl/α,β-unsaturated/α-hetero) is 1. The van der Waals surface area contributed by atoms with Crippen molar-refractivity contribution in [2.75, 3.05) is 23.7 Å². The van der Waals surface area contributed by atoms with Gasteiger partial charge >= 0.3 is 0 Å². The van der Waals surface area contributed by atoms with E-state index in [4.69, 9.17) is 0 Å². The van der Waals surface area contributed by atoms with Gasteiger partial charge in [-0.2, -0.15) is 0 Å². The third kappa shape index (κ3) is 1.76. The van der Waals surface area contributed by atoms with Gasteiger partial charge in [-0.15, -0.1) is 0 Å². The lowest BCUT2D eigenvalue weighted by Crippen LogP contribution is -2.34. The number of piperidine rings is 1. The number of hydrogen-bond acceptors (Lipinski definition) is 5. The molecule has 5 nitrogen and oxygen atoms in total. The maximum atomic E-state index is 11.2. The molecule has 3 heterocycles. The van der Waals surface area contributed by atoms with Gasteiger partial charge in [0.1, 0.15) is 11.5 Å². The van der Waals surface area contributed by atoms with Crippen LogP contribution in [0.4, 0.5) is 5.82 Å². The van der Waals surface area contributed by atoms with Gasteiger partial charge in [0, 0.05) is 38.2 Å². The average molecular weight is 251 g/mol. The third-order valence-corrected chi connectivity index (χ3v) is 4.19. The number of imidazole rings is 1. The van der Waals surface area contributed by atoms with E-state index in [0.29, 0.717) is 37.4 Å². The number of carbonyl (C=O) groups is 2. The maximum Gasteiger partial charge on any atom is 0.170 e. The molecule has 3 rings (SSSR count). The first kappa shape index (κ1) is 10.8. The molecule has 0 saturated carbocycles. The second kappa shape index (κ2) is 4.18. The van der Waals surface area contributed by atoms with Crippen LogP contribution >= 0.6 is 11.8 Å². The summed E-state index contributed by atoms with van der Waals surface area (Å²) in [6.07, 6.45) is 2.01. The summed E-state index contributed by atoms with van der Waals surface area (Å²) < 4.78 is 1.98. The summed E-state index contributed by atoms with van der Waals surface area (Å²) >= 11 is 1.68. The van der Waals surface area contributed by atoms with Crippen LogP contribution in [0.15, 0.2) is 5.16 Å². The fourth-order valence-corrected chi connectivity index (χ4v) is 3.26. The number of thioether (sulfide) groups is 1. The number of aromatic nitrogens is 2. The Hall–Kier alpha value is -1.30. The summed E-state index contributed by atoms with van der Waals surface area (Å²) in [4.78, 5) is 29.0. The van der Waals surface area contributed by atoms with Gasteiger partial charge in [0.2, 0.25) is 0 Å². The highest BCUT2D eigenvalue weighted by Gasteiger charge is 2.26. The van der Waals surface area contributed by atoms with Crippen LogP contribution < -0.4 is 4.90 Å². The van der Waals surface area contributed by atoms with Crippen LogP contribution in [0.3, 0.4) is 0 Å². The van der Waals surface area contributed by atoms with Crippen molar-refractivity contribution in [1.82, 2.24) is 9.55 Å². The zero-order valence-electron chi connectivity index (χ0n) is 9.39. The van der Waals surface area contributed by atoms with E-state index in [9.17, 15) is 9.59 Å². The minimum atomic E-state index is 0.301. The van der Waals surface area contributed by atoms with E-state index in [0.717, 1.165) is 29.6 Å². The van der Waals surface area contributed by atoms with Gasteiger partial charge in [0.15, 0.2) is 17.3 Å². The van der Waals surface area contributed by atoms with Crippen LogP contribution in [0.2, 0.25) is 0 Å². The lowest BCUT2D eigenvalue weighted by atomic mass is 10.1. The monoisotopic (exact) mass is 251 g/mol. The summed E-state index contributed by atoms with van der Waals surface area (Å²) in [5.74, 6) is 2.05. The molecule has 0 spiro atoms. The first-order valence-electron chi connectivity index (χ1n) is 5.75. The van der Waals surface area contributed by atoms with Crippen molar-refractivity contribution in [3.05, 3.63) is 5.69 Å². The zero-order valence-corrected chi connectivity index (χ0v) is 10.2. The molecule has 1 aromatic heterocycles. The summed E-state index contributed by atoms with van der Waals surface area (Å²) in [6.45, 7) is 2.22. The number of ketones is 1. The summed E-state index contributed by atoms with van der Waals surface area (Å²) in [5.41, 5.74) is 0.666.